The van der Waals surface area contributed by atoms with Crippen LogP contribution in [-0.4, -0.2) is 222 Å². The summed E-state index contributed by atoms with van der Waals surface area (Å²) in [5.41, 5.74) is 31.3. The van der Waals surface area contributed by atoms with E-state index in [4.69, 9.17) is 34.4 Å². The van der Waals surface area contributed by atoms with Crippen LogP contribution in [0, 0.1) is 17.8 Å². The lowest BCUT2D eigenvalue weighted by Crippen LogP contribution is -2.50. The smallest absolute Gasteiger partial charge is 0.242 e. The highest BCUT2D eigenvalue weighted by atomic mass is 31.0. The molecule has 0 aromatic rings. The summed E-state index contributed by atoms with van der Waals surface area (Å²) in [4.78, 5) is 192. The van der Waals surface area contributed by atoms with Crippen molar-refractivity contribution in [1.29, 1.82) is 0 Å². The first-order valence-corrected chi connectivity index (χ1v) is 30.5. The van der Waals surface area contributed by atoms with Gasteiger partial charge in [-0.15, -0.1) is 0 Å². The summed E-state index contributed by atoms with van der Waals surface area (Å²) >= 11 is 0. The fraction of sp³-hybridized carbons (Fsp3) is 0.702. The van der Waals surface area contributed by atoms with Gasteiger partial charge in [-0.1, -0.05) is 20.8 Å². The van der Waals surface area contributed by atoms with Gasteiger partial charge in [0.05, 0.1) is 42.3 Å². The Bertz CT molecular complexity index is 2510. The standard InChI is InChI=1S/C14H26N4O4.C13H24N4O4.C11H21N3O3.C8H16N3O3P.C7H15N3O2.C4H10N2O.B/c1-7(12(20)18-10(4)14(22)16-5)6-11(19)9(3)17-13(21)8(2)15;1-6(12(20)17-9(4)11(15)19)5-10(18)8(3)16-13(21)7(2)14;1-6(5-9(15)7(2)12)10(16)14-8(3)11(17)13-4;1-4(6(12)9-3)10-7(13)5(2)11-8(14)15;1-4(8)6(11)10-5(2)7(12)9-3;1-3(5)4(7)6-2;/h7-10H,6,15H2,1-5H3,(H,16,22)(H,17,21)(H,18,20);6-9H,5,14H2,1-4H3,(H2,15,19)(H,16,21)(H,17,20);6-8H,5,12H2,1-4H3,(H,13,17)(H,14,16);4-5H,15H2,1-3H3,(H,9,12)(H,10,13)(H,11,14);4-5H,8H2,1-3H3,(H,9,12)(H,10,11);3H,5H2,1-2H3,(H,6,7);. The van der Waals surface area contributed by atoms with E-state index < -0.39 is 126 Å². The molecule has 17 unspecified atom stereocenters. The average molecular weight is 1380 g/mol. The Labute approximate surface area is 562 Å². The molecule has 0 saturated heterocycles. The van der Waals surface area contributed by atoms with E-state index >= 15 is 0 Å². The highest BCUT2D eigenvalue weighted by molar-refractivity contribution is 7.39. The van der Waals surface area contributed by atoms with E-state index in [1.807, 2.05) is 9.24 Å². The van der Waals surface area contributed by atoms with Crippen molar-refractivity contribution in [1.82, 2.24) is 69.1 Å². The third-order valence-electron chi connectivity index (χ3n) is 12.5. The van der Waals surface area contributed by atoms with Crippen LogP contribution in [-0.2, 0) is 76.7 Å². The molecule has 0 saturated carbocycles. The normalized spacial score (nSPS) is 15.0. The highest BCUT2D eigenvalue weighted by Crippen LogP contribution is 2.08. The number of carbonyl (C=O) groups is 17. The molecule has 14 amide bonds. The van der Waals surface area contributed by atoms with E-state index in [0.29, 0.717) is 0 Å². The Morgan fingerprint density at radius 3 is 0.663 bits per heavy atom. The quantitative estimate of drug-likeness (QED) is 0.0235. The number of ketones is 3. The van der Waals surface area contributed by atoms with Crippen LogP contribution in [0.5, 0.6) is 0 Å². The topological polar surface area (TPSA) is 603 Å². The lowest BCUT2D eigenvalue weighted by molar-refractivity contribution is -0.133. The average Bonchev–Trinajstić information content (AvgIpc) is 1.12. The van der Waals surface area contributed by atoms with Gasteiger partial charge < -0.3 is 104 Å². The molecule has 0 rings (SSSR count). The molecule has 36 nitrogen and oxygen atoms in total. The zero-order valence-corrected chi connectivity index (χ0v) is 60.1. The van der Waals surface area contributed by atoms with E-state index in [0.717, 1.165) is 0 Å². The highest BCUT2D eigenvalue weighted by Gasteiger charge is 2.28. The summed E-state index contributed by atoms with van der Waals surface area (Å²) in [5, 5.41) is 31.8. The van der Waals surface area contributed by atoms with Crippen LogP contribution in [0.2, 0.25) is 0 Å². The molecule has 0 aromatic carbocycles. The van der Waals surface area contributed by atoms with Crippen LogP contribution < -0.4 is 104 Å². The molecule has 0 aliphatic rings. The molecule has 0 bridgehead atoms. The Morgan fingerprint density at radius 1 is 0.263 bits per heavy atom. The number of hydrogen-bond donors (Lipinski definition) is 19. The summed E-state index contributed by atoms with van der Waals surface area (Å²) in [7, 11) is 9.43. The van der Waals surface area contributed by atoms with E-state index in [9.17, 15) is 81.5 Å². The first kappa shape index (κ1) is 100. The Kier molecular flexibility index (Phi) is 57.3. The molecule has 0 heterocycles. The maximum atomic E-state index is 12.0. The third-order valence-corrected chi connectivity index (χ3v) is 12.7. The second kappa shape index (κ2) is 54.2. The number of primary amides is 1. The van der Waals surface area contributed by atoms with Gasteiger partial charge >= 0.3 is 0 Å². The third kappa shape index (κ3) is 50.1. The van der Waals surface area contributed by atoms with Crippen molar-refractivity contribution >= 4 is 117 Å². The number of carbonyl (C=O) groups excluding carboxylic acids is 17. The lowest BCUT2D eigenvalue weighted by atomic mass is 9.99. The largest absolute Gasteiger partial charge is 0.368 e. The molecule has 0 aliphatic heterocycles. The predicted molar refractivity (Wildman–Crippen MR) is 361 cm³/mol. The first-order valence-electron chi connectivity index (χ1n) is 29.9. The summed E-state index contributed by atoms with van der Waals surface area (Å²) in [6.07, 6.45) is -0.00558. The van der Waals surface area contributed by atoms with Crippen molar-refractivity contribution in [2.45, 2.75) is 209 Å². The zero-order valence-electron chi connectivity index (χ0n) is 58.9. The van der Waals surface area contributed by atoms with Gasteiger partial charge in [0.25, 0.3) is 0 Å². The zero-order chi connectivity index (χ0) is 75.4. The van der Waals surface area contributed by atoms with Gasteiger partial charge in [-0.25, -0.2) is 0 Å². The van der Waals surface area contributed by atoms with Crippen molar-refractivity contribution in [2.24, 2.45) is 52.2 Å². The molecule has 545 valence electrons. The van der Waals surface area contributed by atoms with Gasteiger partial charge in [-0.3, -0.25) is 81.5 Å². The predicted octanol–water partition coefficient (Wildman–Crippen LogP) is -7.22. The van der Waals surface area contributed by atoms with Gasteiger partial charge in [0.2, 0.25) is 82.4 Å². The second-order valence-corrected chi connectivity index (χ2v) is 22.5. The monoisotopic (exact) mass is 1380 g/mol. The maximum Gasteiger partial charge on any atom is 0.242 e. The fourth-order valence-corrected chi connectivity index (χ4v) is 6.28. The molecule has 0 aliphatic carbocycles. The minimum absolute atomic E-state index is 0. The molecule has 38 heteroatoms. The Hall–Kier alpha value is -8.12. The summed E-state index contributed by atoms with van der Waals surface area (Å²) in [6.45, 7) is 24.9. The number of nitrogens with one attached hydrogen (secondary N) is 13. The number of amides is 14. The molecule has 0 aromatic heterocycles. The van der Waals surface area contributed by atoms with Crippen LogP contribution in [0.1, 0.15) is 130 Å². The molecule has 95 heavy (non-hydrogen) atoms. The van der Waals surface area contributed by atoms with Crippen molar-refractivity contribution in [3.8, 4) is 0 Å². The fourth-order valence-electron chi connectivity index (χ4n) is 6.03. The molecule has 0 spiro atoms. The van der Waals surface area contributed by atoms with Crippen molar-refractivity contribution in [3.63, 3.8) is 0 Å². The maximum absolute atomic E-state index is 12.0. The van der Waals surface area contributed by atoms with Gasteiger partial charge in [0.15, 0.2) is 11.6 Å². The molecule has 25 N–H and O–H groups in total. The molecule has 0 fully saturated rings. The number of likely N-dealkylation sites (N-methyl/N-ethyl adjacent to an activating group) is 5. The van der Waals surface area contributed by atoms with Crippen LogP contribution in [0.15, 0.2) is 0 Å². The van der Waals surface area contributed by atoms with Crippen LogP contribution in [0.3, 0.4) is 0 Å². The van der Waals surface area contributed by atoms with Gasteiger partial charge in [0, 0.05) is 80.7 Å². The number of Topliss-reactive ketones (excluding diaryl/α,β-unsaturated/α-hetero) is 3. The Morgan fingerprint density at radius 2 is 0.463 bits per heavy atom. The minimum Gasteiger partial charge on any atom is -0.368 e. The lowest BCUT2D eigenvalue weighted by Gasteiger charge is -2.18. The summed E-state index contributed by atoms with van der Waals surface area (Å²) < 4.78 is 0. The molecular weight excluding hydrogens is 1260 g/mol. The summed E-state index contributed by atoms with van der Waals surface area (Å²) in [5.74, 6) is -7.09. The van der Waals surface area contributed by atoms with Crippen LogP contribution in [0.4, 0.5) is 4.79 Å². The Balaban J connectivity index is -0.000000200. The summed E-state index contributed by atoms with van der Waals surface area (Å²) in [6, 6.07) is -8.30. The van der Waals surface area contributed by atoms with E-state index in [1.165, 1.54) is 62.8 Å². The van der Waals surface area contributed by atoms with Crippen LogP contribution in [0.25, 0.3) is 0 Å². The van der Waals surface area contributed by atoms with Crippen molar-refractivity contribution in [3.05, 3.63) is 0 Å². The number of nitrogens with two attached hydrogens (primary N) is 6. The van der Waals surface area contributed by atoms with Gasteiger partial charge in [-0.2, -0.15) is 0 Å². The number of rotatable bonds is 30. The van der Waals surface area contributed by atoms with E-state index in [1.54, 1.807) is 83.2 Å². The van der Waals surface area contributed by atoms with E-state index in [2.05, 4.69) is 69.1 Å². The minimum atomic E-state index is -0.801. The van der Waals surface area contributed by atoms with Crippen molar-refractivity contribution in [2.75, 3.05) is 35.2 Å². The first-order chi connectivity index (χ1) is 43.0. The van der Waals surface area contributed by atoms with E-state index in [-0.39, 0.29) is 98.1 Å². The second-order valence-electron chi connectivity index (χ2n) is 22.0. The van der Waals surface area contributed by atoms with Crippen molar-refractivity contribution < 1.29 is 81.5 Å². The number of hydrogen-bond acceptors (Lipinski definition) is 22. The van der Waals surface area contributed by atoms with Crippen LogP contribution >= 0.6 is 9.24 Å². The van der Waals surface area contributed by atoms with Gasteiger partial charge in [-0.05, 0) is 99.2 Å². The molecule has 17 atom stereocenters. The van der Waals surface area contributed by atoms with Gasteiger partial charge in [0.1, 0.15) is 42.0 Å². The SMILES string of the molecule is CC(N)C(=O)NC(C)C(=O)CC(C)C(=O)NC(C)C(N)=O.CNC(=O)C(C)N.CNC(=O)C(C)NC(=O)C(C)CC(=O)C(C)N.CNC(=O)C(C)NC(=O)C(C)CC(=O)C(C)NC(=O)C(C)N.CNC(=O)C(C)NC(=O)C(C)N.CNC(=O)C(C)NC(=O)C(C)NC(=O)P.[B]. The molecular formula is C57H112BN19O17P. The molecule has 3 radical (unpaired) electrons.